The van der Waals surface area contributed by atoms with E-state index in [4.69, 9.17) is 21.1 Å². The lowest BCUT2D eigenvalue weighted by Gasteiger charge is -2.11. The molecule has 1 heterocycles. The van der Waals surface area contributed by atoms with Crippen LogP contribution in [0.5, 0.6) is 11.5 Å². The molecule has 3 rings (SSSR count). The van der Waals surface area contributed by atoms with Crippen LogP contribution in [-0.2, 0) is 13.0 Å². The molecule has 0 unspecified atom stereocenters. The van der Waals surface area contributed by atoms with Gasteiger partial charge in [0.2, 0.25) is 0 Å². The van der Waals surface area contributed by atoms with Crippen molar-refractivity contribution < 1.29 is 14.3 Å². The van der Waals surface area contributed by atoms with Gasteiger partial charge in [0.05, 0.1) is 12.0 Å². The summed E-state index contributed by atoms with van der Waals surface area (Å²) < 4.78 is 11.3. The van der Waals surface area contributed by atoms with Crippen molar-refractivity contribution in [3.63, 3.8) is 0 Å². The molecule has 5 heteroatoms. The number of methoxy groups -OCH3 is 1. The van der Waals surface area contributed by atoms with Crippen molar-refractivity contribution in [2.45, 2.75) is 26.4 Å². The Labute approximate surface area is 180 Å². The summed E-state index contributed by atoms with van der Waals surface area (Å²) in [6.45, 7) is 2.48. The van der Waals surface area contributed by atoms with E-state index in [0.717, 1.165) is 34.6 Å². The second-order valence-electron chi connectivity index (χ2n) is 6.53. The summed E-state index contributed by atoms with van der Waals surface area (Å²) in [5.74, 6) is 1.44. The minimum Gasteiger partial charge on any atom is -0.496 e. The van der Waals surface area contributed by atoms with E-state index in [2.05, 4.69) is 6.92 Å². The molecule has 0 atom stereocenters. The molecular formula is C24H23ClO3S. The molecule has 0 radical (unpaired) electrons. The molecule has 0 spiro atoms. The average Bonchev–Trinajstić information content (AvgIpc) is 3.19. The van der Waals surface area contributed by atoms with Crippen LogP contribution in [0.25, 0.3) is 6.08 Å². The van der Waals surface area contributed by atoms with Gasteiger partial charge in [-0.2, -0.15) is 0 Å². The molecule has 0 aliphatic heterocycles. The number of rotatable bonds is 9. The third-order valence-corrected chi connectivity index (χ3v) is 5.72. The molecule has 0 fully saturated rings. The lowest BCUT2D eigenvalue weighted by molar-refractivity contribution is 0.105. The van der Waals surface area contributed by atoms with E-state index in [-0.39, 0.29) is 5.78 Å². The van der Waals surface area contributed by atoms with E-state index in [9.17, 15) is 4.79 Å². The third-order valence-electron chi connectivity index (χ3n) is 4.32. The topological polar surface area (TPSA) is 35.5 Å². The summed E-state index contributed by atoms with van der Waals surface area (Å²) in [7, 11) is 1.63. The number of carbonyl (C=O) groups is 1. The molecule has 0 N–H and O–H groups in total. The molecular weight excluding hydrogens is 404 g/mol. The highest BCUT2D eigenvalue weighted by Gasteiger charge is 2.08. The van der Waals surface area contributed by atoms with Gasteiger partial charge in [-0.3, -0.25) is 4.79 Å². The summed E-state index contributed by atoms with van der Waals surface area (Å²) in [6, 6.07) is 17.0. The summed E-state index contributed by atoms with van der Waals surface area (Å²) in [5.41, 5.74) is 1.80. The first kappa shape index (κ1) is 21.2. The zero-order valence-electron chi connectivity index (χ0n) is 16.5. The molecule has 1 aromatic heterocycles. The molecule has 0 amide bonds. The van der Waals surface area contributed by atoms with Gasteiger partial charge in [0, 0.05) is 15.5 Å². The van der Waals surface area contributed by atoms with Crippen LogP contribution in [0.1, 0.15) is 39.0 Å². The minimum atomic E-state index is 0.0184. The smallest absolute Gasteiger partial charge is 0.195 e. The Balaban J connectivity index is 1.71. The predicted molar refractivity (Wildman–Crippen MR) is 120 cm³/mol. The van der Waals surface area contributed by atoms with E-state index < -0.39 is 0 Å². The first-order valence-corrected chi connectivity index (χ1v) is 10.6. The highest BCUT2D eigenvalue weighted by Crippen LogP contribution is 2.25. The van der Waals surface area contributed by atoms with Gasteiger partial charge in [-0.15, -0.1) is 11.3 Å². The number of thiophene rings is 1. The fraction of sp³-hybridized carbons (Fsp3) is 0.208. The number of ketones is 1. The summed E-state index contributed by atoms with van der Waals surface area (Å²) in [4.78, 5) is 14.5. The van der Waals surface area contributed by atoms with E-state index in [0.29, 0.717) is 17.4 Å². The SMILES string of the molecule is CCCc1ccc(C(=O)/C=C/c2ccc(OC)c(COc3cccc(Cl)c3)c2)s1. The summed E-state index contributed by atoms with van der Waals surface area (Å²) >= 11 is 7.57. The number of aryl methyl sites for hydroxylation is 1. The van der Waals surface area contributed by atoms with E-state index in [1.807, 2.05) is 48.5 Å². The van der Waals surface area contributed by atoms with Crippen molar-refractivity contribution in [3.05, 3.63) is 86.6 Å². The van der Waals surface area contributed by atoms with Gasteiger partial charge < -0.3 is 9.47 Å². The van der Waals surface area contributed by atoms with Crippen LogP contribution in [0.2, 0.25) is 5.02 Å². The average molecular weight is 427 g/mol. The molecule has 3 aromatic rings. The minimum absolute atomic E-state index is 0.0184. The van der Waals surface area contributed by atoms with Crippen LogP contribution in [0, 0.1) is 0 Å². The normalized spacial score (nSPS) is 11.0. The maximum absolute atomic E-state index is 12.4. The number of hydrogen-bond donors (Lipinski definition) is 0. The number of ether oxygens (including phenoxy) is 2. The number of hydrogen-bond acceptors (Lipinski definition) is 4. The fourth-order valence-corrected chi connectivity index (χ4v) is 4.09. The van der Waals surface area contributed by atoms with Gasteiger partial charge in [-0.05, 0) is 60.5 Å². The molecule has 0 saturated carbocycles. The van der Waals surface area contributed by atoms with Crippen molar-refractivity contribution in [1.29, 1.82) is 0 Å². The molecule has 0 aliphatic carbocycles. The summed E-state index contributed by atoms with van der Waals surface area (Å²) in [5, 5.41) is 0.625. The Hall–Kier alpha value is -2.56. The quantitative estimate of drug-likeness (QED) is 0.277. The van der Waals surface area contributed by atoms with Crippen LogP contribution < -0.4 is 9.47 Å². The van der Waals surface area contributed by atoms with Crippen molar-refractivity contribution >= 4 is 34.8 Å². The zero-order valence-corrected chi connectivity index (χ0v) is 18.1. The highest BCUT2D eigenvalue weighted by molar-refractivity contribution is 7.14. The second-order valence-corrected chi connectivity index (χ2v) is 8.14. The van der Waals surface area contributed by atoms with Crippen molar-refractivity contribution in [2.24, 2.45) is 0 Å². The van der Waals surface area contributed by atoms with Gasteiger partial charge in [0.25, 0.3) is 0 Å². The number of benzene rings is 2. The molecule has 29 heavy (non-hydrogen) atoms. The van der Waals surface area contributed by atoms with Crippen LogP contribution >= 0.6 is 22.9 Å². The molecule has 0 saturated heterocycles. The largest absolute Gasteiger partial charge is 0.496 e. The zero-order chi connectivity index (χ0) is 20.6. The Kier molecular flexibility index (Phi) is 7.50. The third kappa shape index (κ3) is 5.96. The second kappa shape index (κ2) is 10.3. The van der Waals surface area contributed by atoms with Gasteiger partial charge in [0.1, 0.15) is 18.1 Å². The Morgan fingerprint density at radius 3 is 2.76 bits per heavy atom. The highest BCUT2D eigenvalue weighted by atomic mass is 35.5. The lowest BCUT2D eigenvalue weighted by Crippen LogP contribution is -1.99. The van der Waals surface area contributed by atoms with Gasteiger partial charge in [-0.1, -0.05) is 43.2 Å². The maximum atomic E-state index is 12.4. The molecule has 3 nitrogen and oxygen atoms in total. The molecule has 150 valence electrons. The number of allylic oxidation sites excluding steroid dienone is 1. The van der Waals surface area contributed by atoms with E-state index >= 15 is 0 Å². The number of halogens is 1. The van der Waals surface area contributed by atoms with Crippen LogP contribution in [0.4, 0.5) is 0 Å². The Morgan fingerprint density at radius 1 is 1.14 bits per heavy atom. The molecule has 0 bridgehead atoms. The van der Waals surface area contributed by atoms with Gasteiger partial charge in [-0.25, -0.2) is 0 Å². The summed E-state index contributed by atoms with van der Waals surface area (Å²) in [6.07, 6.45) is 5.53. The van der Waals surface area contributed by atoms with Gasteiger partial charge >= 0.3 is 0 Å². The first-order valence-electron chi connectivity index (χ1n) is 9.45. The fourth-order valence-electron chi connectivity index (χ4n) is 2.88. The van der Waals surface area contributed by atoms with Gasteiger partial charge in [0.15, 0.2) is 5.78 Å². The van der Waals surface area contributed by atoms with Crippen molar-refractivity contribution in [2.75, 3.05) is 7.11 Å². The first-order chi connectivity index (χ1) is 14.1. The Morgan fingerprint density at radius 2 is 2.00 bits per heavy atom. The van der Waals surface area contributed by atoms with Crippen molar-refractivity contribution in [1.82, 2.24) is 0 Å². The number of carbonyl (C=O) groups excluding carboxylic acids is 1. The lowest BCUT2D eigenvalue weighted by atomic mass is 10.1. The molecule has 0 aliphatic rings. The van der Waals surface area contributed by atoms with Crippen molar-refractivity contribution in [3.8, 4) is 11.5 Å². The van der Waals surface area contributed by atoms with Crippen LogP contribution in [-0.4, -0.2) is 12.9 Å². The van der Waals surface area contributed by atoms with E-state index in [1.54, 1.807) is 36.7 Å². The molecule has 2 aromatic carbocycles. The van der Waals surface area contributed by atoms with E-state index in [1.165, 1.54) is 4.88 Å². The maximum Gasteiger partial charge on any atom is 0.195 e. The van der Waals surface area contributed by atoms with Crippen LogP contribution in [0.3, 0.4) is 0 Å². The predicted octanol–water partition coefficient (Wildman–Crippen LogP) is 6.84. The standard InChI is InChI=1S/C24H23ClO3S/c1-3-5-21-10-13-24(29-21)22(26)11-8-17-9-12-23(27-2)18(14-17)16-28-20-7-4-6-19(25)15-20/h4,6-15H,3,5,16H2,1-2H3/b11-8+. The monoisotopic (exact) mass is 426 g/mol. The Bertz CT molecular complexity index is 1010. The van der Waals surface area contributed by atoms with Crippen LogP contribution in [0.15, 0.2) is 60.7 Å².